The highest BCUT2D eigenvalue weighted by Crippen LogP contribution is 2.24. The van der Waals surface area contributed by atoms with Crippen LogP contribution in [-0.2, 0) is 38.7 Å². The fraction of sp³-hybridized carbons (Fsp3) is 0.887. The summed E-state index contributed by atoms with van der Waals surface area (Å²) in [6.45, 7) is 3.78. The maximum Gasteiger partial charge on any atom is 0.306 e. The Hall–Kier alpha value is -1.87. The van der Waals surface area contributed by atoms with E-state index < -0.39 is 71.2 Å². The molecule has 6 atom stereocenters. The lowest BCUT2D eigenvalue weighted by atomic mass is 10.00. The fourth-order valence-electron chi connectivity index (χ4n) is 8.36. The van der Waals surface area contributed by atoms with Crippen molar-refractivity contribution in [1.82, 2.24) is 0 Å². The molecule has 0 saturated carbocycles. The predicted octanol–water partition coefficient (Wildman–Crippen LogP) is 12.3. The van der Waals surface area contributed by atoms with Gasteiger partial charge in [-0.05, 0) is 44.9 Å². The van der Waals surface area contributed by atoms with Crippen molar-refractivity contribution in [2.24, 2.45) is 0 Å². The van der Waals surface area contributed by atoms with E-state index in [-0.39, 0.29) is 19.4 Å². The van der Waals surface area contributed by atoms with Crippen LogP contribution in [0.15, 0.2) is 24.3 Å². The first-order valence-electron chi connectivity index (χ1n) is 26.9. The highest BCUT2D eigenvalue weighted by Gasteiger charge is 2.46. The van der Waals surface area contributed by atoms with Crippen LogP contribution in [0.4, 0.5) is 0 Å². The zero-order chi connectivity index (χ0) is 48.4. The van der Waals surface area contributed by atoms with E-state index in [0.29, 0.717) is 12.8 Å². The number of hydrogen-bond donors (Lipinski definition) is 4. The molecule has 1 fully saturated rings. The van der Waals surface area contributed by atoms with E-state index in [1.165, 1.54) is 154 Å². The molecule has 1 aliphatic heterocycles. The maximum absolute atomic E-state index is 12.9. The van der Waals surface area contributed by atoms with E-state index in [1.54, 1.807) is 0 Å². The smallest absolute Gasteiger partial charge is 0.306 e. The predicted molar refractivity (Wildman–Crippen MR) is 266 cm³/mol. The van der Waals surface area contributed by atoms with Crippen LogP contribution in [0, 0.1) is 0 Å². The Balaban J connectivity index is 2.34. The average Bonchev–Trinajstić information content (AvgIpc) is 3.28. The Bertz CT molecular complexity index is 1310. The number of unbranched alkanes of at least 4 members (excludes halogenated alkanes) is 30. The van der Waals surface area contributed by atoms with E-state index >= 15 is 0 Å². The summed E-state index contributed by atoms with van der Waals surface area (Å²) in [6.07, 6.45) is 40.7. The summed E-state index contributed by atoms with van der Waals surface area (Å²) >= 11 is 0. The second-order valence-electron chi connectivity index (χ2n) is 18.9. The summed E-state index contributed by atoms with van der Waals surface area (Å²) in [5.74, 6) is -1.97. The lowest BCUT2D eigenvalue weighted by molar-refractivity contribution is -0.297. The number of carbonyl (C=O) groups excluding carboxylic acids is 2. The van der Waals surface area contributed by atoms with Crippen molar-refractivity contribution in [3.8, 4) is 0 Å². The van der Waals surface area contributed by atoms with Crippen molar-refractivity contribution in [1.29, 1.82) is 0 Å². The van der Waals surface area contributed by atoms with Crippen LogP contribution >= 0.6 is 0 Å². The topological polar surface area (TPSA) is 186 Å². The highest BCUT2D eigenvalue weighted by molar-refractivity contribution is 7.85. The van der Waals surface area contributed by atoms with E-state index in [1.807, 2.05) is 0 Å². The summed E-state index contributed by atoms with van der Waals surface area (Å²) in [5, 5.41) is 31.0. The van der Waals surface area contributed by atoms with Crippen LogP contribution in [0.1, 0.15) is 245 Å². The largest absolute Gasteiger partial charge is 0.462 e. The van der Waals surface area contributed by atoms with Gasteiger partial charge in [-0.1, -0.05) is 212 Å². The third kappa shape index (κ3) is 37.1. The normalized spacial score (nSPS) is 19.5. The summed E-state index contributed by atoms with van der Waals surface area (Å²) < 4.78 is 54.3. The first-order valence-corrected chi connectivity index (χ1v) is 28.5. The molecule has 12 nitrogen and oxygen atoms in total. The van der Waals surface area contributed by atoms with Crippen LogP contribution < -0.4 is 0 Å². The molecule has 388 valence electrons. The molecule has 0 bridgehead atoms. The van der Waals surface area contributed by atoms with E-state index in [9.17, 15) is 37.9 Å². The third-order valence-corrected chi connectivity index (χ3v) is 13.3. The summed E-state index contributed by atoms with van der Waals surface area (Å²) in [4.78, 5) is 25.6. The van der Waals surface area contributed by atoms with Gasteiger partial charge >= 0.3 is 11.9 Å². The molecule has 0 radical (unpaired) electrons. The SMILES string of the molecule is CCCCC/C=C/C/C=C/CCCCCCCCCCCC(=O)O[C@H](COC(=O)CCCCCCCCCCCCCCCCCCCCC)CO[C@H]1O[C@H](CS(=O)(=O)O)[C@@H](O)C(O)C1O. The Morgan fingerprint density at radius 3 is 1.36 bits per heavy atom. The maximum atomic E-state index is 12.9. The van der Waals surface area contributed by atoms with Crippen molar-refractivity contribution < 1.29 is 56.8 Å². The second kappa shape index (κ2) is 43.2. The van der Waals surface area contributed by atoms with Crippen LogP contribution in [0.2, 0.25) is 0 Å². The molecule has 66 heavy (non-hydrogen) atoms. The first-order chi connectivity index (χ1) is 32.0. The molecule has 0 amide bonds. The van der Waals surface area contributed by atoms with E-state index in [4.69, 9.17) is 18.9 Å². The fourth-order valence-corrected chi connectivity index (χ4v) is 9.05. The molecular formula is C53H98O12S. The molecule has 0 aliphatic carbocycles. The van der Waals surface area contributed by atoms with Gasteiger partial charge < -0.3 is 34.3 Å². The zero-order valence-corrected chi connectivity index (χ0v) is 42.6. The molecule has 2 unspecified atom stereocenters. The molecule has 0 spiro atoms. The molecule has 1 saturated heterocycles. The molecule has 0 aromatic carbocycles. The summed E-state index contributed by atoms with van der Waals surface area (Å²) in [5.41, 5.74) is 0. The molecular weight excluding hydrogens is 861 g/mol. The molecule has 1 aliphatic rings. The van der Waals surface area contributed by atoms with E-state index in [2.05, 4.69) is 38.2 Å². The monoisotopic (exact) mass is 959 g/mol. The van der Waals surface area contributed by atoms with Gasteiger partial charge in [-0.3, -0.25) is 14.1 Å². The highest BCUT2D eigenvalue weighted by atomic mass is 32.2. The van der Waals surface area contributed by atoms with Gasteiger partial charge in [-0.15, -0.1) is 0 Å². The lowest BCUT2D eigenvalue weighted by Gasteiger charge is -2.40. The number of hydrogen-bond acceptors (Lipinski definition) is 11. The number of aliphatic hydroxyl groups excluding tert-OH is 3. The van der Waals surface area contributed by atoms with Gasteiger partial charge in [0.25, 0.3) is 10.1 Å². The molecule has 4 N–H and O–H groups in total. The lowest BCUT2D eigenvalue weighted by Crippen LogP contribution is -2.60. The van der Waals surface area contributed by atoms with Crippen molar-refractivity contribution in [3.63, 3.8) is 0 Å². The Labute approximate surface area is 402 Å². The third-order valence-electron chi connectivity index (χ3n) is 12.5. The van der Waals surface area contributed by atoms with Crippen molar-refractivity contribution in [3.05, 3.63) is 24.3 Å². The number of rotatable bonds is 46. The zero-order valence-electron chi connectivity index (χ0n) is 41.8. The Morgan fingerprint density at radius 1 is 0.515 bits per heavy atom. The standard InChI is InChI=1S/C53H98O12S/c1-3-5-7-9-11-13-15-17-19-21-23-25-27-29-31-33-35-37-39-41-48(54)62-43-46(44-63-53-52(58)51(57)50(56)47(65-53)45-66(59,60)61)64-49(55)42-40-38-36-34-32-30-28-26-24-22-20-18-16-14-12-10-8-6-4-2/h12,14,18,20,46-47,50-53,56-58H,3-11,13,15-17,19,21-45H2,1-2H3,(H,59,60,61)/b14-12+,20-18+/t46-,47-,50-,51?,52?,53+/m1/s1. The van der Waals surface area contributed by atoms with E-state index in [0.717, 1.165) is 51.4 Å². The molecule has 0 aromatic rings. The quantitative estimate of drug-likeness (QED) is 0.0196. The number of aliphatic hydroxyl groups is 3. The minimum atomic E-state index is -4.60. The average molecular weight is 959 g/mol. The van der Waals surface area contributed by atoms with Crippen LogP contribution in [0.3, 0.4) is 0 Å². The number of allylic oxidation sites excluding steroid dienone is 4. The molecule has 0 aromatic heterocycles. The van der Waals surface area contributed by atoms with Crippen molar-refractivity contribution in [2.75, 3.05) is 19.0 Å². The second-order valence-corrected chi connectivity index (χ2v) is 20.4. The first kappa shape index (κ1) is 62.1. The van der Waals surface area contributed by atoms with Crippen molar-refractivity contribution in [2.45, 2.75) is 282 Å². The van der Waals surface area contributed by atoms with Gasteiger partial charge in [0.15, 0.2) is 12.4 Å². The Morgan fingerprint density at radius 2 is 0.909 bits per heavy atom. The molecule has 13 heteroatoms. The minimum Gasteiger partial charge on any atom is -0.462 e. The van der Waals surface area contributed by atoms with Gasteiger partial charge in [0.1, 0.15) is 36.8 Å². The summed E-state index contributed by atoms with van der Waals surface area (Å²) in [6, 6.07) is 0. The van der Waals surface area contributed by atoms with Gasteiger partial charge in [0.05, 0.1) is 6.61 Å². The Kier molecular flexibility index (Phi) is 40.7. The van der Waals surface area contributed by atoms with Gasteiger partial charge in [-0.25, -0.2) is 0 Å². The number of esters is 2. The van der Waals surface area contributed by atoms with Crippen molar-refractivity contribution >= 4 is 22.1 Å². The molecule has 1 heterocycles. The van der Waals surface area contributed by atoms with Crippen LogP contribution in [0.5, 0.6) is 0 Å². The number of ether oxygens (including phenoxy) is 4. The summed E-state index contributed by atoms with van der Waals surface area (Å²) in [7, 11) is -4.60. The van der Waals surface area contributed by atoms with Crippen LogP contribution in [0.25, 0.3) is 0 Å². The van der Waals surface area contributed by atoms with Crippen LogP contribution in [-0.4, -0.2) is 96.0 Å². The number of carbonyl (C=O) groups is 2. The van der Waals surface area contributed by atoms with Gasteiger partial charge in [0, 0.05) is 12.8 Å². The molecule has 1 rings (SSSR count). The van der Waals surface area contributed by atoms with Gasteiger partial charge in [0.2, 0.25) is 0 Å². The van der Waals surface area contributed by atoms with Gasteiger partial charge in [-0.2, -0.15) is 8.42 Å². The minimum absolute atomic E-state index is 0.163.